The maximum absolute atomic E-state index is 11.3. The summed E-state index contributed by atoms with van der Waals surface area (Å²) in [5.74, 6) is 0.0575. The molecule has 4 heteroatoms. The van der Waals surface area contributed by atoms with E-state index >= 15 is 0 Å². The van der Waals surface area contributed by atoms with Crippen molar-refractivity contribution in [3.63, 3.8) is 0 Å². The van der Waals surface area contributed by atoms with Crippen molar-refractivity contribution in [2.75, 3.05) is 0 Å². The van der Waals surface area contributed by atoms with E-state index in [1.165, 1.54) is 0 Å². The van der Waals surface area contributed by atoms with Crippen molar-refractivity contribution in [3.05, 3.63) is 23.0 Å². The molecule has 3 nitrogen and oxygen atoms in total. The van der Waals surface area contributed by atoms with Crippen molar-refractivity contribution in [3.8, 4) is 6.07 Å². The quantitative estimate of drug-likeness (QED) is 0.673. The Bertz CT molecular complexity index is 389. The molecule has 1 aliphatic rings. The number of thioether (sulfide) groups is 1. The minimum absolute atomic E-state index is 0.0575. The van der Waals surface area contributed by atoms with Gasteiger partial charge in [0.1, 0.15) is 5.76 Å². The van der Waals surface area contributed by atoms with Gasteiger partial charge in [-0.2, -0.15) is 5.26 Å². The molecule has 0 aliphatic carbocycles. The fourth-order valence-corrected chi connectivity index (χ4v) is 2.45. The Morgan fingerprint density at radius 3 is 2.64 bits per heavy atom. The number of aliphatic hydroxyl groups is 1. The zero-order chi connectivity index (χ0) is 10.9. The number of carbonyl (C=O) groups excluding carboxylic acids is 1. The third kappa shape index (κ3) is 1.68. The second-order valence-electron chi connectivity index (χ2n) is 3.41. The monoisotopic (exact) mass is 209 g/mol. The Balaban J connectivity index is 3.14. The lowest BCUT2D eigenvalue weighted by atomic mass is 10.0. The molecule has 0 saturated heterocycles. The minimum Gasteiger partial charge on any atom is -0.510 e. The SMILES string of the molecule is CC1=C(O)[C@@](C)(/C=C(\C)C#N)SC1=O. The topological polar surface area (TPSA) is 61.1 Å². The molecule has 1 aliphatic heterocycles. The summed E-state index contributed by atoms with van der Waals surface area (Å²) in [6.45, 7) is 4.96. The zero-order valence-corrected chi connectivity index (χ0v) is 9.10. The first-order valence-electron chi connectivity index (χ1n) is 4.14. The van der Waals surface area contributed by atoms with Crippen LogP contribution in [0.5, 0.6) is 0 Å². The second-order valence-corrected chi connectivity index (χ2v) is 4.83. The van der Waals surface area contributed by atoms with Gasteiger partial charge in [0.25, 0.3) is 0 Å². The molecule has 74 valence electrons. The first-order valence-corrected chi connectivity index (χ1v) is 4.95. The Morgan fingerprint density at radius 2 is 2.29 bits per heavy atom. The van der Waals surface area contributed by atoms with Gasteiger partial charge >= 0.3 is 0 Å². The van der Waals surface area contributed by atoms with E-state index in [-0.39, 0.29) is 10.9 Å². The standard InChI is InChI=1S/C10H11NO2S/c1-6(5-11)4-10(3)8(12)7(2)9(13)14-10/h4,12H,1-3H3/b6-4+/t10-/m1/s1. The van der Waals surface area contributed by atoms with Gasteiger partial charge < -0.3 is 5.11 Å². The molecular weight excluding hydrogens is 198 g/mol. The van der Waals surface area contributed by atoms with Gasteiger partial charge in [-0.15, -0.1) is 0 Å². The van der Waals surface area contributed by atoms with Gasteiger partial charge in [-0.05, 0) is 26.8 Å². The number of carbonyl (C=O) groups is 1. The molecule has 1 N–H and O–H groups in total. The highest BCUT2D eigenvalue weighted by Crippen LogP contribution is 2.43. The molecule has 0 fully saturated rings. The van der Waals surface area contributed by atoms with E-state index in [0.717, 1.165) is 11.8 Å². The molecule has 1 atom stereocenters. The number of rotatable bonds is 1. The zero-order valence-electron chi connectivity index (χ0n) is 8.29. The molecule has 0 amide bonds. The third-order valence-electron chi connectivity index (χ3n) is 2.10. The van der Waals surface area contributed by atoms with Crippen LogP contribution in [-0.2, 0) is 4.79 Å². The number of nitrogens with zero attached hydrogens (tertiary/aromatic N) is 1. The van der Waals surface area contributed by atoms with Gasteiger partial charge in [0, 0.05) is 11.1 Å². The first-order chi connectivity index (χ1) is 6.40. The highest BCUT2D eigenvalue weighted by Gasteiger charge is 2.40. The van der Waals surface area contributed by atoms with E-state index in [0.29, 0.717) is 11.1 Å². The molecular formula is C10H11NO2S. The van der Waals surface area contributed by atoms with Crippen LogP contribution in [0.4, 0.5) is 0 Å². The van der Waals surface area contributed by atoms with E-state index < -0.39 is 4.75 Å². The molecule has 14 heavy (non-hydrogen) atoms. The Kier molecular flexibility index (Phi) is 2.72. The maximum atomic E-state index is 11.3. The van der Waals surface area contributed by atoms with Gasteiger partial charge in [-0.25, -0.2) is 0 Å². The summed E-state index contributed by atoms with van der Waals surface area (Å²) >= 11 is 1.04. The van der Waals surface area contributed by atoms with Gasteiger partial charge in [0.2, 0.25) is 5.12 Å². The third-order valence-corrected chi connectivity index (χ3v) is 3.33. The van der Waals surface area contributed by atoms with Crippen LogP contribution in [0.3, 0.4) is 0 Å². The van der Waals surface area contributed by atoms with Crippen molar-refractivity contribution in [1.82, 2.24) is 0 Å². The highest BCUT2D eigenvalue weighted by atomic mass is 32.2. The van der Waals surface area contributed by atoms with Crippen LogP contribution < -0.4 is 0 Å². The number of allylic oxidation sites excluding steroid dienone is 1. The second kappa shape index (κ2) is 3.50. The van der Waals surface area contributed by atoms with E-state index in [1.54, 1.807) is 26.8 Å². The number of hydrogen-bond acceptors (Lipinski definition) is 4. The fourth-order valence-electron chi connectivity index (χ4n) is 1.33. The van der Waals surface area contributed by atoms with Crippen LogP contribution >= 0.6 is 11.8 Å². The van der Waals surface area contributed by atoms with E-state index in [2.05, 4.69) is 0 Å². The van der Waals surface area contributed by atoms with Crippen molar-refractivity contribution in [1.29, 1.82) is 5.26 Å². The minimum atomic E-state index is -0.763. The molecule has 0 aromatic carbocycles. The summed E-state index contributed by atoms with van der Waals surface area (Å²) in [5, 5.41) is 18.2. The number of aliphatic hydroxyl groups excluding tert-OH is 1. The molecule has 0 spiro atoms. The van der Waals surface area contributed by atoms with Gasteiger partial charge in [0.15, 0.2) is 0 Å². The highest BCUT2D eigenvalue weighted by molar-refractivity contribution is 8.16. The molecule has 0 unspecified atom stereocenters. The van der Waals surface area contributed by atoms with E-state index in [1.807, 2.05) is 6.07 Å². The molecule has 0 radical (unpaired) electrons. The van der Waals surface area contributed by atoms with Crippen LogP contribution in [0.2, 0.25) is 0 Å². The Morgan fingerprint density at radius 1 is 1.71 bits per heavy atom. The van der Waals surface area contributed by atoms with Crippen LogP contribution in [0.15, 0.2) is 23.0 Å². The lowest BCUT2D eigenvalue weighted by molar-refractivity contribution is -0.107. The van der Waals surface area contributed by atoms with E-state index in [4.69, 9.17) is 5.26 Å². The predicted molar refractivity (Wildman–Crippen MR) is 55.7 cm³/mol. The lowest BCUT2D eigenvalue weighted by Crippen LogP contribution is -2.17. The van der Waals surface area contributed by atoms with Crippen LogP contribution in [-0.4, -0.2) is 15.0 Å². The smallest absolute Gasteiger partial charge is 0.219 e. The Hall–Kier alpha value is -1.21. The summed E-state index contributed by atoms with van der Waals surface area (Å²) in [6.07, 6.45) is 1.61. The maximum Gasteiger partial charge on any atom is 0.219 e. The van der Waals surface area contributed by atoms with E-state index in [9.17, 15) is 9.90 Å². The lowest BCUT2D eigenvalue weighted by Gasteiger charge is -2.17. The molecule has 1 heterocycles. The fraction of sp³-hybridized carbons (Fsp3) is 0.400. The largest absolute Gasteiger partial charge is 0.510 e. The summed E-state index contributed by atoms with van der Waals surface area (Å²) in [4.78, 5) is 11.3. The molecule has 0 saturated carbocycles. The van der Waals surface area contributed by atoms with Crippen LogP contribution in [0.1, 0.15) is 20.8 Å². The molecule has 0 aromatic heterocycles. The number of hydrogen-bond donors (Lipinski definition) is 1. The van der Waals surface area contributed by atoms with Gasteiger partial charge in [-0.3, -0.25) is 4.79 Å². The molecule has 1 rings (SSSR count). The van der Waals surface area contributed by atoms with Crippen LogP contribution in [0, 0.1) is 11.3 Å². The molecule has 0 aromatic rings. The van der Waals surface area contributed by atoms with Gasteiger partial charge in [0.05, 0.1) is 10.8 Å². The average molecular weight is 209 g/mol. The van der Waals surface area contributed by atoms with Gasteiger partial charge in [-0.1, -0.05) is 11.8 Å². The van der Waals surface area contributed by atoms with Crippen molar-refractivity contribution in [2.45, 2.75) is 25.5 Å². The summed E-state index contributed by atoms with van der Waals surface area (Å²) in [6, 6.07) is 1.97. The first kappa shape index (κ1) is 10.9. The number of nitriles is 1. The molecule has 0 bridgehead atoms. The van der Waals surface area contributed by atoms with Crippen molar-refractivity contribution >= 4 is 16.9 Å². The Labute approximate surface area is 87.1 Å². The van der Waals surface area contributed by atoms with Crippen molar-refractivity contribution in [2.24, 2.45) is 0 Å². The van der Waals surface area contributed by atoms with Crippen LogP contribution in [0.25, 0.3) is 0 Å². The summed E-state index contributed by atoms with van der Waals surface area (Å²) in [7, 11) is 0. The summed E-state index contributed by atoms with van der Waals surface area (Å²) in [5.41, 5.74) is 0.869. The normalized spacial score (nSPS) is 28.1. The average Bonchev–Trinajstić information content (AvgIpc) is 2.30. The van der Waals surface area contributed by atoms with Crippen molar-refractivity contribution < 1.29 is 9.90 Å². The summed E-state index contributed by atoms with van der Waals surface area (Å²) < 4.78 is -0.763. The predicted octanol–water partition coefficient (Wildman–Crippen LogP) is 2.32.